The Morgan fingerprint density at radius 3 is 2.36 bits per heavy atom. The number of rotatable bonds is 10. The van der Waals surface area contributed by atoms with Gasteiger partial charge in [0.2, 0.25) is 0 Å². The highest BCUT2D eigenvalue weighted by molar-refractivity contribution is 5.79. The van der Waals surface area contributed by atoms with E-state index in [1.165, 1.54) is 25.7 Å². The van der Waals surface area contributed by atoms with Crippen LogP contribution in [0.4, 0.5) is 0 Å². The number of hydrogen-bond donors (Lipinski definition) is 2. The van der Waals surface area contributed by atoms with Crippen LogP contribution in [-0.4, -0.2) is 63.3 Å². The Hall–Kier alpha value is -0.810. The van der Waals surface area contributed by atoms with E-state index in [4.69, 9.17) is 9.73 Å². The molecule has 0 aromatic carbocycles. The van der Waals surface area contributed by atoms with Crippen molar-refractivity contribution in [3.63, 3.8) is 0 Å². The topological polar surface area (TPSA) is 48.9 Å². The highest BCUT2D eigenvalue weighted by Gasteiger charge is 2.34. The first kappa shape index (κ1) is 22.2. The second-order valence-corrected chi connectivity index (χ2v) is 8.40. The zero-order chi connectivity index (χ0) is 18.8. The van der Waals surface area contributed by atoms with Gasteiger partial charge in [-0.3, -0.25) is 4.99 Å². The molecule has 1 saturated heterocycles. The molecule has 0 spiro atoms. The maximum absolute atomic E-state index is 5.57. The molecule has 5 nitrogen and oxygen atoms in total. The molecule has 0 bridgehead atoms. The zero-order valence-corrected chi connectivity index (χ0v) is 17.6. The van der Waals surface area contributed by atoms with Crippen molar-refractivity contribution in [1.82, 2.24) is 15.5 Å². The second-order valence-electron chi connectivity index (χ2n) is 8.40. The van der Waals surface area contributed by atoms with Gasteiger partial charge in [-0.1, -0.05) is 40.0 Å². The van der Waals surface area contributed by atoms with Gasteiger partial charge >= 0.3 is 0 Å². The molecule has 0 aromatic rings. The number of likely N-dealkylation sites (N-methyl/N-ethyl adjacent to an activating group) is 1. The molecule has 0 aliphatic carbocycles. The number of aliphatic imine (C=N–C) groups is 1. The van der Waals surface area contributed by atoms with Gasteiger partial charge < -0.3 is 20.3 Å². The Morgan fingerprint density at radius 2 is 1.80 bits per heavy atom. The van der Waals surface area contributed by atoms with E-state index >= 15 is 0 Å². The van der Waals surface area contributed by atoms with Crippen molar-refractivity contribution in [2.45, 2.75) is 71.8 Å². The lowest BCUT2D eigenvalue weighted by atomic mass is 9.87. The molecule has 5 heteroatoms. The summed E-state index contributed by atoms with van der Waals surface area (Å²) in [4.78, 5) is 7.23. The van der Waals surface area contributed by atoms with Crippen LogP contribution in [0.1, 0.15) is 66.2 Å². The standard InChI is InChI=1S/C20H42N4O/c1-7-9-10-11-19(3,4)16-22-18(21-8-2)23-17-20(24(5)6)12-14-25-15-13-20/h7-17H2,1-6H3,(H2,21,22,23). The van der Waals surface area contributed by atoms with E-state index < -0.39 is 0 Å². The predicted octanol–water partition coefficient (Wildman–Crippen LogP) is 3.26. The van der Waals surface area contributed by atoms with Crippen LogP contribution in [0.2, 0.25) is 0 Å². The number of guanidine groups is 1. The third kappa shape index (κ3) is 7.95. The molecular weight excluding hydrogens is 312 g/mol. The van der Waals surface area contributed by atoms with E-state index in [1.807, 2.05) is 0 Å². The lowest BCUT2D eigenvalue weighted by Crippen LogP contribution is -2.57. The molecular formula is C20H42N4O. The summed E-state index contributed by atoms with van der Waals surface area (Å²) in [6.45, 7) is 13.4. The Morgan fingerprint density at radius 1 is 1.12 bits per heavy atom. The van der Waals surface area contributed by atoms with Crippen molar-refractivity contribution in [3.8, 4) is 0 Å². The number of unbranched alkanes of at least 4 members (excludes halogenated alkanes) is 2. The minimum Gasteiger partial charge on any atom is -0.381 e. The summed E-state index contributed by atoms with van der Waals surface area (Å²) in [5.41, 5.74) is 0.417. The fraction of sp³-hybridized carbons (Fsp3) is 0.950. The van der Waals surface area contributed by atoms with Crippen LogP contribution in [-0.2, 0) is 4.74 Å². The molecule has 2 N–H and O–H groups in total. The summed E-state index contributed by atoms with van der Waals surface area (Å²) >= 11 is 0. The Balaban J connectivity index is 2.62. The van der Waals surface area contributed by atoms with E-state index in [2.05, 4.69) is 57.3 Å². The van der Waals surface area contributed by atoms with Gasteiger partial charge in [0.1, 0.15) is 0 Å². The third-order valence-corrected chi connectivity index (χ3v) is 5.42. The fourth-order valence-electron chi connectivity index (χ4n) is 3.35. The second kappa shape index (κ2) is 11.0. The molecule has 0 unspecified atom stereocenters. The summed E-state index contributed by atoms with van der Waals surface area (Å²) in [7, 11) is 4.35. The normalized spacial score (nSPS) is 18.4. The minimum atomic E-state index is 0.158. The van der Waals surface area contributed by atoms with Gasteiger partial charge in [-0.15, -0.1) is 0 Å². The summed E-state index contributed by atoms with van der Waals surface area (Å²) in [6.07, 6.45) is 7.26. The van der Waals surface area contributed by atoms with Gasteiger partial charge in [0, 0.05) is 38.4 Å². The fourth-order valence-corrected chi connectivity index (χ4v) is 3.35. The van der Waals surface area contributed by atoms with Crippen LogP contribution < -0.4 is 10.6 Å². The number of nitrogens with one attached hydrogen (secondary N) is 2. The smallest absolute Gasteiger partial charge is 0.191 e. The maximum Gasteiger partial charge on any atom is 0.191 e. The van der Waals surface area contributed by atoms with Gasteiger partial charge in [0.25, 0.3) is 0 Å². The SMILES string of the molecule is CCCCCC(C)(C)CN=C(NCC)NCC1(N(C)C)CCOCC1. The molecule has 1 aliphatic heterocycles. The van der Waals surface area contributed by atoms with Crippen LogP contribution >= 0.6 is 0 Å². The molecule has 0 atom stereocenters. The largest absolute Gasteiger partial charge is 0.381 e. The maximum atomic E-state index is 5.57. The van der Waals surface area contributed by atoms with Crippen molar-refractivity contribution in [3.05, 3.63) is 0 Å². The zero-order valence-electron chi connectivity index (χ0n) is 17.6. The molecule has 0 radical (unpaired) electrons. The van der Waals surface area contributed by atoms with Crippen LogP contribution in [0.15, 0.2) is 4.99 Å². The van der Waals surface area contributed by atoms with Gasteiger partial charge in [-0.05, 0) is 45.7 Å². The summed E-state index contributed by atoms with van der Waals surface area (Å²) in [5, 5.41) is 7.00. The van der Waals surface area contributed by atoms with E-state index in [0.717, 1.165) is 51.6 Å². The number of ether oxygens (including phenoxy) is 1. The van der Waals surface area contributed by atoms with E-state index in [9.17, 15) is 0 Å². The average Bonchev–Trinajstić information content (AvgIpc) is 2.58. The van der Waals surface area contributed by atoms with Crippen molar-refractivity contribution in [1.29, 1.82) is 0 Å². The highest BCUT2D eigenvalue weighted by Crippen LogP contribution is 2.26. The van der Waals surface area contributed by atoms with Crippen LogP contribution in [0, 0.1) is 5.41 Å². The van der Waals surface area contributed by atoms with Gasteiger partial charge in [-0.25, -0.2) is 0 Å². The van der Waals surface area contributed by atoms with Gasteiger partial charge in [-0.2, -0.15) is 0 Å². The molecule has 1 heterocycles. The molecule has 1 fully saturated rings. The summed E-state index contributed by atoms with van der Waals surface area (Å²) < 4.78 is 5.57. The van der Waals surface area contributed by atoms with Crippen LogP contribution in [0.25, 0.3) is 0 Å². The Kier molecular flexibility index (Phi) is 9.80. The molecule has 0 aromatic heterocycles. The van der Waals surface area contributed by atoms with Gasteiger partial charge in [0.15, 0.2) is 5.96 Å². The van der Waals surface area contributed by atoms with E-state index in [0.29, 0.717) is 0 Å². The quantitative estimate of drug-likeness (QED) is 0.359. The van der Waals surface area contributed by atoms with Gasteiger partial charge in [0.05, 0.1) is 0 Å². The van der Waals surface area contributed by atoms with Crippen LogP contribution in [0.5, 0.6) is 0 Å². The minimum absolute atomic E-state index is 0.158. The summed E-state index contributed by atoms with van der Waals surface area (Å²) in [6, 6.07) is 0. The monoisotopic (exact) mass is 354 g/mol. The first-order valence-electron chi connectivity index (χ1n) is 10.1. The number of hydrogen-bond acceptors (Lipinski definition) is 3. The highest BCUT2D eigenvalue weighted by atomic mass is 16.5. The van der Waals surface area contributed by atoms with E-state index in [1.54, 1.807) is 0 Å². The summed E-state index contributed by atoms with van der Waals surface area (Å²) in [5.74, 6) is 0.943. The lowest BCUT2D eigenvalue weighted by Gasteiger charge is -2.43. The molecule has 0 amide bonds. The van der Waals surface area contributed by atoms with Crippen LogP contribution in [0.3, 0.4) is 0 Å². The Bertz CT molecular complexity index is 387. The van der Waals surface area contributed by atoms with E-state index in [-0.39, 0.29) is 11.0 Å². The first-order chi connectivity index (χ1) is 11.9. The lowest BCUT2D eigenvalue weighted by molar-refractivity contribution is -0.00501. The molecule has 1 rings (SSSR count). The molecule has 1 aliphatic rings. The number of nitrogens with zero attached hydrogens (tertiary/aromatic N) is 2. The molecule has 25 heavy (non-hydrogen) atoms. The van der Waals surface area contributed by atoms with Crippen molar-refractivity contribution in [2.24, 2.45) is 10.4 Å². The van der Waals surface area contributed by atoms with Crippen molar-refractivity contribution >= 4 is 5.96 Å². The average molecular weight is 355 g/mol. The van der Waals surface area contributed by atoms with Crippen molar-refractivity contribution < 1.29 is 4.74 Å². The molecule has 148 valence electrons. The van der Waals surface area contributed by atoms with Crippen molar-refractivity contribution in [2.75, 3.05) is 46.9 Å². The molecule has 0 saturated carbocycles. The first-order valence-corrected chi connectivity index (χ1v) is 10.1. The predicted molar refractivity (Wildman–Crippen MR) is 108 cm³/mol. The third-order valence-electron chi connectivity index (χ3n) is 5.42. The Labute approximate surface area is 156 Å².